The quantitative estimate of drug-likeness (QED) is 0.690. The Hall–Kier alpha value is -2.43. The maximum Gasteiger partial charge on any atom is 0.238 e. The summed E-state index contributed by atoms with van der Waals surface area (Å²) in [6, 6.07) is 7.80. The van der Waals surface area contributed by atoms with Gasteiger partial charge in [0.05, 0.1) is 24.5 Å². The van der Waals surface area contributed by atoms with Gasteiger partial charge in [-0.25, -0.2) is 8.42 Å². The highest BCUT2D eigenvalue weighted by molar-refractivity contribution is 7.90. The number of aromatic amines is 1. The Kier molecular flexibility index (Phi) is 6.31. The molecule has 2 fully saturated rings. The number of hydrogen-bond acceptors (Lipinski definition) is 7. The van der Waals surface area contributed by atoms with E-state index in [9.17, 15) is 13.2 Å². The molecule has 168 valence electrons. The van der Waals surface area contributed by atoms with E-state index >= 15 is 0 Å². The van der Waals surface area contributed by atoms with Crippen molar-refractivity contribution in [3.05, 3.63) is 36.2 Å². The predicted molar refractivity (Wildman–Crippen MR) is 120 cm³/mol. The van der Waals surface area contributed by atoms with Crippen molar-refractivity contribution in [3.63, 3.8) is 0 Å². The zero-order valence-electron chi connectivity index (χ0n) is 18.0. The number of likely N-dealkylation sites (tertiary alicyclic amines) is 1. The van der Waals surface area contributed by atoms with Crippen molar-refractivity contribution >= 4 is 27.1 Å². The van der Waals surface area contributed by atoms with Crippen LogP contribution < -0.4 is 10.2 Å². The van der Waals surface area contributed by atoms with Crippen molar-refractivity contribution in [2.24, 2.45) is 0 Å². The van der Waals surface area contributed by atoms with Crippen LogP contribution in [0.25, 0.3) is 0 Å². The lowest BCUT2D eigenvalue weighted by atomic mass is 10.1. The lowest BCUT2D eigenvalue weighted by molar-refractivity contribution is -0.117. The molecule has 1 amide bonds. The molecule has 3 heterocycles. The molecule has 0 spiro atoms. The summed E-state index contributed by atoms with van der Waals surface area (Å²) >= 11 is 0. The molecule has 2 aliphatic heterocycles. The van der Waals surface area contributed by atoms with Crippen molar-refractivity contribution in [2.75, 3.05) is 62.8 Å². The topological polar surface area (TPSA) is 102 Å². The molecule has 2 aliphatic rings. The van der Waals surface area contributed by atoms with Gasteiger partial charge in [0.25, 0.3) is 0 Å². The monoisotopic (exact) mass is 446 g/mol. The van der Waals surface area contributed by atoms with Crippen molar-refractivity contribution in [2.45, 2.75) is 23.8 Å². The molecule has 10 heteroatoms. The second kappa shape index (κ2) is 8.97. The third-order valence-corrected chi connectivity index (χ3v) is 7.22. The number of carbonyl (C=O) groups is 1. The Balaban J connectivity index is 1.37. The smallest absolute Gasteiger partial charge is 0.238 e. The number of benzene rings is 1. The lowest BCUT2D eigenvalue weighted by Gasteiger charge is -2.34. The number of anilines is 2. The summed E-state index contributed by atoms with van der Waals surface area (Å²) in [5.74, 6) is -0.111. The maximum absolute atomic E-state index is 12.7. The van der Waals surface area contributed by atoms with Crippen LogP contribution in [0.3, 0.4) is 0 Å². The second-order valence-corrected chi connectivity index (χ2v) is 10.4. The third kappa shape index (κ3) is 5.08. The molecule has 1 unspecified atom stereocenters. The molecule has 1 atom stereocenters. The van der Waals surface area contributed by atoms with Crippen molar-refractivity contribution in [1.29, 1.82) is 0 Å². The molecule has 0 aliphatic carbocycles. The molecular weight excluding hydrogens is 416 g/mol. The summed E-state index contributed by atoms with van der Waals surface area (Å²) in [5, 5.41) is 9.73. The first-order valence-electron chi connectivity index (χ1n) is 10.6. The molecule has 4 rings (SSSR count). The molecule has 0 saturated carbocycles. The van der Waals surface area contributed by atoms with E-state index in [1.807, 2.05) is 29.2 Å². The van der Waals surface area contributed by atoms with Crippen LogP contribution in [0.5, 0.6) is 0 Å². The molecule has 0 radical (unpaired) electrons. The van der Waals surface area contributed by atoms with E-state index in [1.54, 1.807) is 0 Å². The van der Waals surface area contributed by atoms with E-state index < -0.39 is 9.84 Å². The number of amides is 1. The van der Waals surface area contributed by atoms with E-state index in [2.05, 4.69) is 32.4 Å². The fraction of sp³-hybridized carbons (Fsp3) is 0.524. The molecular formula is C21H30N6O3S. The van der Waals surface area contributed by atoms with Gasteiger partial charge in [0, 0.05) is 43.8 Å². The number of piperazine rings is 1. The normalized spacial score (nSPS) is 20.8. The number of H-pyrrole nitrogens is 1. The van der Waals surface area contributed by atoms with Crippen LogP contribution >= 0.6 is 0 Å². The molecule has 2 aromatic rings. The van der Waals surface area contributed by atoms with E-state index in [0.717, 1.165) is 51.3 Å². The molecule has 2 N–H and O–H groups in total. The maximum atomic E-state index is 12.7. The Morgan fingerprint density at radius 3 is 2.55 bits per heavy atom. The number of aromatic nitrogens is 2. The van der Waals surface area contributed by atoms with Crippen LogP contribution in [-0.2, 0) is 14.6 Å². The number of hydrogen-bond donors (Lipinski definition) is 2. The molecule has 1 aromatic heterocycles. The van der Waals surface area contributed by atoms with Crippen molar-refractivity contribution in [1.82, 2.24) is 20.0 Å². The first kappa shape index (κ1) is 21.8. The number of likely N-dealkylation sites (N-methyl/N-ethyl adjacent to an activating group) is 1. The summed E-state index contributed by atoms with van der Waals surface area (Å²) < 4.78 is 24.1. The SMILES string of the molecule is CN1CCN(c2ccc(NC(=O)CN3CCCC3c3[nH]ncc3S(C)(=O)=O)cc2)CC1. The summed E-state index contributed by atoms with van der Waals surface area (Å²) in [6.45, 7) is 5.04. The Morgan fingerprint density at radius 2 is 1.87 bits per heavy atom. The van der Waals surface area contributed by atoms with Gasteiger partial charge in [0.15, 0.2) is 9.84 Å². The highest BCUT2D eigenvalue weighted by Crippen LogP contribution is 2.33. The van der Waals surface area contributed by atoms with Crippen molar-refractivity contribution < 1.29 is 13.2 Å². The molecule has 31 heavy (non-hydrogen) atoms. The average Bonchev–Trinajstić information content (AvgIpc) is 3.38. The molecule has 9 nitrogen and oxygen atoms in total. The van der Waals surface area contributed by atoms with Crippen LogP contribution in [-0.4, -0.2) is 86.9 Å². The van der Waals surface area contributed by atoms with E-state index in [-0.39, 0.29) is 23.4 Å². The van der Waals surface area contributed by atoms with Gasteiger partial charge in [0.1, 0.15) is 4.90 Å². The minimum atomic E-state index is -3.37. The van der Waals surface area contributed by atoms with Crippen LogP contribution in [0.4, 0.5) is 11.4 Å². The standard InChI is InChI=1S/C21H30N6O3S/c1-25-10-12-26(13-11-25)17-7-5-16(6-8-17)23-20(28)15-27-9-3-4-18(27)21-19(14-22-24-21)31(2,29)30/h5-8,14,18H,3-4,9-13,15H2,1-2H3,(H,22,24)(H,23,28). The second-order valence-electron chi connectivity index (χ2n) is 8.43. The van der Waals surface area contributed by atoms with E-state index in [0.29, 0.717) is 5.69 Å². The van der Waals surface area contributed by atoms with E-state index in [1.165, 1.54) is 18.1 Å². The summed E-state index contributed by atoms with van der Waals surface area (Å²) in [4.78, 5) is 19.6. The predicted octanol–water partition coefficient (Wildman–Crippen LogP) is 1.34. The largest absolute Gasteiger partial charge is 0.369 e. The number of sulfone groups is 1. The minimum Gasteiger partial charge on any atom is -0.369 e. The van der Waals surface area contributed by atoms with Crippen LogP contribution in [0.2, 0.25) is 0 Å². The van der Waals surface area contributed by atoms with E-state index in [4.69, 9.17) is 0 Å². The molecule has 1 aromatic carbocycles. The Morgan fingerprint density at radius 1 is 1.16 bits per heavy atom. The Labute approximate surface area is 183 Å². The van der Waals surface area contributed by atoms with Gasteiger partial charge < -0.3 is 15.1 Å². The fourth-order valence-electron chi connectivity index (χ4n) is 4.37. The first-order chi connectivity index (χ1) is 14.8. The zero-order valence-corrected chi connectivity index (χ0v) is 18.9. The van der Waals surface area contributed by atoms with Crippen LogP contribution in [0.1, 0.15) is 24.6 Å². The highest BCUT2D eigenvalue weighted by Gasteiger charge is 2.32. The van der Waals surface area contributed by atoms with Gasteiger partial charge in [-0.2, -0.15) is 5.10 Å². The molecule has 0 bridgehead atoms. The summed E-state index contributed by atoms with van der Waals surface area (Å²) in [7, 11) is -1.24. The van der Waals surface area contributed by atoms with Gasteiger partial charge in [-0.15, -0.1) is 0 Å². The third-order valence-electron chi connectivity index (χ3n) is 6.09. The first-order valence-corrected chi connectivity index (χ1v) is 12.5. The molecule has 2 saturated heterocycles. The van der Waals surface area contributed by atoms with Gasteiger partial charge in [-0.1, -0.05) is 0 Å². The number of carbonyl (C=O) groups excluding carboxylic acids is 1. The van der Waals surface area contributed by atoms with Gasteiger partial charge in [-0.3, -0.25) is 14.8 Å². The summed E-state index contributed by atoms with van der Waals surface area (Å²) in [6.07, 6.45) is 4.22. The minimum absolute atomic E-state index is 0.111. The summed E-state index contributed by atoms with van der Waals surface area (Å²) in [5.41, 5.74) is 2.50. The van der Waals surface area contributed by atoms with Gasteiger partial charge in [0.2, 0.25) is 5.91 Å². The van der Waals surface area contributed by atoms with Crippen LogP contribution in [0.15, 0.2) is 35.4 Å². The lowest BCUT2D eigenvalue weighted by Crippen LogP contribution is -2.44. The number of nitrogens with zero attached hydrogens (tertiary/aromatic N) is 4. The fourth-order valence-corrected chi connectivity index (χ4v) is 5.19. The van der Waals surface area contributed by atoms with Gasteiger partial charge >= 0.3 is 0 Å². The van der Waals surface area contributed by atoms with Crippen molar-refractivity contribution in [3.8, 4) is 0 Å². The van der Waals surface area contributed by atoms with Crippen LogP contribution in [0, 0.1) is 0 Å². The number of rotatable bonds is 6. The highest BCUT2D eigenvalue weighted by atomic mass is 32.2. The average molecular weight is 447 g/mol. The van der Waals surface area contributed by atoms with Gasteiger partial charge in [-0.05, 0) is 50.7 Å². The number of nitrogens with one attached hydrogen (secondary N) is 2. The zero-order chi connectivity index (χ0) is 22.0. The Bertz CT molecular complexity index is 1010.